The third kappa shape index (κ3) is 2.19. The molecule has 0 aromatic carbocycles. The number of Topliss-reactive ketones (excluding diaryl/α,β-unsaturated/α-hetero) is 1. The van der Waals surface area contributed by atoms with Gasteiger partial charge in [0.05, 0.1) is 24.8 Å². The lowest BCUT2D eigenvalue weighted by molar-refractivity contribution is 0.0979. The second kappa shape index (κ2) is 4.57. The van der Waals surface area contributed by atoms with Crippen molar-refractivity contribution in [3.63, 3.8) is 0 Å². The van der Waals surface area contributed by atoms with Crippen molar-refractivity contribution in [3.8, 4) is 0 Å². The average molecular weight is 221 g/mol. The number of nitrogens with zero attached hydrogens (tertiary/aromatic N) is 3. The van der Waals surface area contributed by atoms with Gasteiger partial charge in [0.25, 0.3) is 0 Å². The summed E-state index contributed by atoms with van der Waals surface area (Å²) in [6.45, 7) is 5.76. The summed E-state index contributed by atoms with van der Waals surface area (Å²) in [4.78, 5) is 21.6. The highest BCUT2D eigenvalue weighted by Crippen LogP contribution is 2.14. The molecule has 1 fully saturated rings. The average Bonchev–Trinajstić information content (AvgIpc) is 2.30. The van der Waals surface area contributed by atoms with Gasteiger partial charge >= 0.3 is 0 Å². The van der Waals surface area contributed by atoms with Crippen molar-refractivity contribution in [2.24, 2.45) is 0 Å². The quantitative estimate of drug-likeness (QED) is 0.695. The zero-order valence-corrected chi connectivity index (χ0v) is 9.51. The van der Waals surface area contributed by atoms with Crippen molar-refractivity contribution in [1.29, 1.82) is 0 Å². The van der Waals surface area contributed by atoms with Crippen LogP contribution >= 0.6 is 0 Å². The summed E-state index contributed by atoms with van der Waals surface area (Å²) in [5, 5.41) is 0. The minimum atomic E-state index is -0.0124. The number of morpholine rings is 1. The van der Waals surface area contributed by atoms with Crippen molar-refractivity contribution in [2.45, 2.75) is 19.9 Å². The highest BCUT2D eigenvalue weighted by atomic mass is 16.5. The van der Waals surface area contributed by atoms with E-state index in [9.17, 15) is 4.79 Å². The van der Waals surface area contributed by atoms with E-state index >= 15 is 0 Å². The Kier molecular flexibility index (Phi) is 3.14. The summed E-state index contributed by atoms with van der Waals surface area (Å²) in [7, 11) is 0. The SMILES string of the molecule is CC(=O)c1cnc(N2CCOC[C@@H]2C)nc1. The Hall–Kier alpha value is -1.49. The standard InChI is InChI=1S/C11H15N3O2/c1-8-7-16-4-3-14(8)11-12-5-10(6-13-11)9(2)15/h5-6,8H,3-4,7H2,1-2H3/t8-/m0/s1. The first-order chi connectivity index (χ1) is 7.68. The molecule has 1 aliphatic rings. The van der Waals surface area contributed by atoms with Gasteiger partial charge in [-0.25, -0.2) is 9.97 Å². The second-order valence-electron chi connectivity index (χ2n) is 3.95. The third-order valence-corrected chi connectivity index (χ3v) is 2.67. The zero-order valence-electron chi connectivity index (χ0n) is 9.51. The molecule has 0 aliphatic carbocycles. The van der Waals surface area contributed by atoms with E-state index in [1.165, 1.54) is 6.92 Å². The van der Waals surface area contributed by atoms with Gasteiger partial charge in [0.15, 0.2) is 5.78 Å². The van der Waals surface area contributed by atoms with Crippen LogP contribution in [-0.2, 0) is 4.74 Å². The molecule has 86 valence electrons. The molecule has 0 saturated carbocycles. The van der Waals surface area contributed by atoms with Gasteiger partial charge in [-0.3, -0.25) is 4.79 Å². The van der Waals surface area contributed by atoms with E-state index in [1.54, 1.807) is 12.4 Å². The first-order valence-electron chi connectivity index (χ1n) is 5.36. The lowest BCUT2D eigenvalue weighted by atomic mass is 10.2. The number of aromatic nitrogens is 2. The minimum absolute atomic E-state index is 0.0124. The van der Waals surface area contributed by atoms with Crippen LogP contribution < -0.4 is 4.90 Å². The summed E-state index contributed by atoms with van der Waals surface area (Å²) in [6, 6.07) is 0.275. The minimum Gasteiger partial charge on any atom is -0.377 e. The number of carbonyl (C=O) groups excluding carboxylic acids is 1. The first kappa shape index (κ1) is 11.0. The molecule has 5 heteroatoms. The summed E-state index contributed by atoms with van der Waals surface area (Å²) in [5.74, 6) is 0.655. The van der Waals surface area contributed by atoms with Gasteiger partial charge in [0.1, 0.15) is 0 Å². The number of hydrogen-bond donors (Lipinski definition) is 0. The molecular weight excluding hydrogens is 206 g/mol. The van der Waals surface area contributed by atoms with E-state index in [-0.39, 0.29) is 11.8 Å². The van der Waals surface area contributed by atoms with Gasteiger partial charge in [-0.05, 0) is 13.8 Å². The fourth-order valence-electron chi connectivity index (χ4n) is 1.68. The molecule has 5 nitrogen and oxygen atoms in total. The molecule has 1 aliphatic heterocycles. The van der Waals surface area contributed by atoms with Crippen molar-refractivity contribution >= 4 is 11.7 Å². The molecule has 0 amide bonds. The molecule has 1 aromatic rings. The summed E-state index contributed by atoms with van der Waals surface area (Å²) < 4.78 is 5.34. The van der Waals surface area contributed by atoms with Gasteiger partial charge in [0, 0.05) is 18.9 Å². The number of carbonyl (C=O) groups is 1. The van der Waals surface area contributed by atoms with E-state index in [1.807, 2.05) is 0 Å². The van der Waals surface area contributed by atoms with Crippen LogP contribution in [0.3, 0.4) is 0 Å². The Morgan fingerprint density at radius 3 is 2.75 bits per heavy atom. The highest BCUT2D eigenvalue weighted by Gasteiger charge is 2.21. The van der Waals surface area contributed by atoms with Gasteiger partial charge in [-0.15, -0.1) is 0 Å². The Bertz CT molecular complexity index is 377. The predicted octanol–water partition coefficient (Wildman–Crippen LogP) is 0.904. The van der Waals surface area contributed by atoms with Crippen LogP contribution in [0.25, 0.3) is 0 Å². The van der Waals surface area contributed by atoms with E-state index in [4.69, 9.17) is 4.74 Å². The van der Waals surface area contributed by atoms with Crippen LogP contribution in [0.2, 0.25) is 0 Å². The van der Waals surface area contributed by atoms with Crippen molar-refractivity contribution in [1.82, 2.24) is 9.97 Å². The third-order valence-electron chi connectivity index (χ3n) is 2.67. The van der Waals surface area contributed by atoms with E-state index < -0.39 is 0 Å². The first-order valence-corrected chi connectivity index (χ1v) is 5.36. The second-order valence-corrected chi connectivity index (χ2v) is 3.95. The Morgan fingerprint density at radius 2 is 2.19 bits per heavy atom. The molecule has 16 heavy (non-hydrogen) atoms. The van der Waals surface area contributed by atoms with Gasteiger partial charge in [-0.2, -0.15) is 0 Å². The monoisotopic (exact) mass is 221 g/mol. The molecule has 0 bridgehead atoms. The van der Waals surface area contributed by atoms with Gasteiger partial charge < -0.3 is 9.64 Å². The number of rotatable bonds is 2. The van der Waals surface area contributed by atoms with Crippen LogP contribution in [0.5, 0.6) is 0 Å². The molecule has 0 N–H and O–H groups in total. The van der Waals surface area contributed by atoms with Crippen molar-refractivity contribution < 1.29 is 9.53 Å². The van der Waals surface area contributed by atoms with E-state index in [0.29, 0.717) is 24.7 Å². The lowest BCUT2D eigenvalue weighted by Gasteiger charge is -2.33. The Morgan fingerprint density at radius 1 is 1.50 bits per heavy atom. The molecule has 0 spiro atoms. The summed E-state index contributed by atoms with van der Waals surface area (Å²) >= 11 is 0. The maximum atomic E-state index is 11.1. The van der Waals surface area contributed by atoms with Gasteiger partial charge in [-0.1, -0.05) is 0 Å². The van der Waals surface area contributed by atoms with Crippen LogP contribution in [0.15, 0.2) is 12.4 Å². The number of ketones is 1. The molecule has 0 radical (unpaired) electrons. The Balaban J connectivity index is 2.17. The number of ether oxygens (including phenoxy) is 1. The maximum absolute atomic E-state index is 11.1. The van der Waals surface area contributed by atoms with E-state index in [0.717, 1.165) is 6.54 Å². The normalized spacial score (nSPS) is 20.9. The fraction of sp³-hybridized carbons (Fsp3) is 0.545. The predicted molar refractivity (Wildman–Crippen MR) is 59.7 cm³/mol. The maximum Gasteiger partial charge on any atom is 0.225 e. The smallest absolute Gasteiger partial charge is 0.225 e. The fourth-order valence-corrected chi connectivity index (χ4v) is 1.68. The zero-order chi connectivity index (χ0) is 11.5. The molecule has 0 unspecified atom stereocenters. The van der Waals surface area contributed by atoms with Crippen LogP contribution in [0.1, 0.15) is 24.2 Å². The van der Waals surface area contributed by atoms with Crippen LogP contribution in [0.4, 0.5) is 5.95 Å². The highest BCUT2D eigenvalue weighted by molar-refractivity contribution is 5.93. The number of anilines is 1. The summed E-state index contributed by atoms with van der Waals surface area (Å²) in [5.41, 5.74) is 0.546. The molecular formula is C11H15N3O2. The van der Waals surface area contributed by atoms with Crippen LogP contribution in [0, 0.1) is 0 Å². The molecule has 2 heterocycles. The summed E-state index contributed by atoms with van der Waals surface area (Å²) in [6.07, 6.45) is 3.15. The molecule has 2 rings (SSSR count). The molecule has 1 saturated heterocycles. The largest absolute Gasteiger partial charge is 0.377 e. The van der Waals surface area contributed by atoms with Gasteiger partial charge in [0.2, 0.25) is 5.95 Å². The molecule has 1 aromatic heterocycles. The number of hydrogen-bond acceptors (Lipinski definition) is 5. The van der Waals surface area contributed by atoms with E-state index in [2.05, 4.69) is 21.8 Å². The lowest BCUT2D eigenvalue weighted by Crippen LogP contribution is -2.44. The molecule has 1 atom stereocenters. The Labute approximate surface area is 94.5 Å². The van der Waals surface area contributed by atoms with Crippen molar-refractivity contribution in [2.75, 3.05) is 24.7 Å². The van der Waals surface area contributed by atoms with Crippen LogP contribution in [-0.4, -0.2) is 41.6 Å². The van der Waals surface area contributed by atoms with Crippen molar-refractivity contribution in [3.05, 3.63) is 18.0 Å². The topological polar surface area (TPSA) is 55.3 Å².